The fourth-order valence-electron chi connectivity index (χ4n) is 2.30. The van der Waals surface area contributed by atoms with Gasteiger partial charge >= 0.3 is 0 Å². The number of para-hydroxylation sites is 1. The number of benzene rings is 2. The van der Waals surface area contributed by atoms with Gasteiger partial charge in [-0.3, -0.25) is 4.57 Å². The maximum atomic E-state index is 6.30. The summed E-state index contributed by atoms with van der Waals surface area (Å²) in [6, 6.07) is 11.5. The Hall–Kier alpha value is -2.20. The number of methoxy groups -OCH3 is 1. The molecule has 2 N–H and O–H groups in total. The number of nitrogens with zero attached hydrogens (tertiary/aromatic N) is 2. The van der Waals surface area contributed by atoms with Gasteiger partial charge in [-0.05, 0) is 36.8 Å². The standard InChI is InChI=1S/C15H14ClN3O/c1-9-6-7-10(16)12(8-9)19-11-4-3-5-13(20-2)14(11)18-15(19)17/h3-8H,1-2H3,(H2,17,18). The summed E-state index contributed by atoms with van der Waals surface area (Å²) in [5.41, 5.74) is 9.59. The van der Waals surface area contributed by atoms with E-state index in [1.807, 2.05) is 47.9 Å². The first kappa shape index (κ1) is 12.8. The largest absolute Gasteiger partial charge is 0.494 e. The SMILES string of the molecule is COc1cccc2c1nc(N)n2-c1cc(C)ccc1Cl. The van der Waals surface area contributed by atoms with Crippen LogP contribution in [0.5, 0.6) is 5.75 Å². The Balaban J connectivity index is 2.37. The number of ether oxygens (including phenoxy) is 1. The van der Waals surface area contributed by atoms with Crippen molar-refractivity contribution in [3.8, 4) is 11.4 Å². The smallest absolute Gasteiger partial charge is 0.206 e. The molecule has 0 aliphatic carbocycles. The average Bonchev–Trinajstić information content (AvgIpc) is 2.77. The number of anilines is 1. The highest BCUT2D eigenvalue weighted by molar-refractivity contribution is 6.32. The van der Waals surface area contributed by atoms with E-state index in [1.54, 1.807) is 7.11 Å². The second-order valence-electron chi connectivity index (χ2n) is 4.59. The minimum Gasteiger partial charge on any atom is -0.494 e. The van der Waals surface area contributed by atoms with E-state index in [0.29, 0.717) is 16.7 Å². The number of fused-ring (bicyclic) bond motifs is 1. The molecule has 2 aromatic carbocycles. The zero-order valence-corrected chi connectivity index (χ0v) is 12.0. The molecule has 1 heterocycles. The first-order valence-corrected chi connectivity index (χ1v) is 6.57. The van der Waals surface area contributed by atoms with Gasteiger partial charge in [-0.25, -0.2) is 4.98 Å². The van der Waals surface area contributed by atoms with E-state index in [-0.39, 0.29) is 0 Å². The van der Waals surface area contributed by atoms with Crippen LogP contribution >= 0.6 is 11.6 Å². The number of rotatable bonds is 2. The zero-order chi connectivity index (χ0) is 14.3. The van der Waals surface area contributed by atoms with E-state index < -0.39 is 0 Å². The summed E-state index contributed by atoms with van der Waals surface area (Å²) >= 11 is 6.30. The highest BCUT2D eigenvalue weighted by atomic mass is 35.5. The fourth-order valence-corrected chi connectivity index (χ4v) is 2.51. The van der Waals surface area contributed by atoms with E-state index >= 15 is 0 Å². The van der Waals surface area contributed by atoms with Crippen molar-refractivity contribution >= 4 is 28.6 Å². The molecule has 3 aromatic rings. The summed E-state index contributed by atoms with van der Waals surface area (Å²) in [5.74, 6) is 1.08. The molecule has 0 atom stereocenters. The van der Waals surface area contributed by atoms with Gasteiger partial charge in [-0.15, -0.1) is 0 Å². The van der Waals surface area contributed by atoms with Crippen LogP contribution in [0.3, 0.4) is 0 Å². The number of hydrogen-bond acceptors (Lipinski definition) is 3. The van der Waals surface area contributed by atoms with E-state index in [4.69, 9.17) is 22.1 Å². The number of nitrogen functional groups attached to an aromatic ring is 1. The molecule has 0 bridgehead atoms. The van der Waals surface area contributed by atoms with Crippen molar-refractivity contribution in [1.29, 1.82) is 0 Å². The molecule has 0 saturated heterocycles. The van der Waals surface area contributed by atoms with Gasteiger partial charge < -0.3 is 10.5 Å². The molecule has 5 heteroatoms. The first-order chi connectivity index (χ1) is 9.61. The average molecular weight is 288 g/mol. The fraction of sp³-hybridized carbons (Fsp3) is 0.133. The lowest BCUT2D eigenvalue weighted by molar-refractivity contribution is 0.419. The third kappa shape index (κ3) is 1.89. The summed E-state index contributed by atoms with van der Waals surface area (Å²) in [4.78, 5) is 4.39. The summed E-state index contributed by atoms with van der Waals surface area (Å²) in [6.45, 7) is 2.01. The van der Waals surface area contributed by atoms with Crippen LogP contribution in [0.2, 0.25) is 5.02 Å². The highest BCUT2D eigenvalue weighted by Crippen LogP contribution is 2.32. The molecule has 0 aliphatic heterocycles. The molecule has 4 nitrogen and oxygen atoms in total. The zero-order valence-electron chi connectivity index (χ0n) is 11.2. The summed E-state index contributed by atoms with van der Waals surface area (Å²) in [6.07, 6.45) is 0. The molecule has 0 amide bonds. The van der Waals surface area contributed by atoms with Crippen molar-refractivity contribution < 1.29 is 4.74 Å². The molecule has 0 fully saturated rings. The highest BCUT2D eigenvalue weighted by Gasteiger charge is 2.15. The lowest BCUT2D eigenvalue weighted by Crippen LogP contribution is -2.01. The van der Waals surface area contributed by atoms with Crippen molar-refractivity contribution in [1.82, 2.24) is 9.55 Å². The number of nitrogens with two attached hydrogens (primary N) is 1. The summed E-state index contributed by atoms with van der Waals surface area (Å²) < 4.78 is 7.16. The van der Waals surface area contributed by atoms with Crippen LogP contribution in [0.15, 0.2) is 36.4 Å². The quantitative estimate of drug-likeness (QED) is 0.784. The minimum atomic E-state index is 0.386. The summed E-state index contributed by atoms with van der Waals surface area (Å²) in [5, 5.41) is 0.629. The van der Waals surface area contributed by atoms with Gasteiger partial charge in [0.05, 0.1) is 23.3 Å². The second kappa shape index (κ2) is 4.72. The second-order valence-corrected chi connectivity index (χ2v) is 5.00. The van der Waals surface area contributed by atoms with Crippen LogP contribution in [0.1, 0.15) is 5.56 Å². The van der Waals surface area contributed by atoms with Crippen molar-refractivity contribution in [3.05, 3.63) is 47.0 Å². The topological polar surface area (TPSA) is 53.1 Å². The lowest BCUT2D eigenvalue weighted by atomic mass is 10.2. The van der Waals surface area contributed by atoms with Gasteiger partial charge in [-0.2, -0.15) is 0 Å². The predicted molar refractivity (Wildman–Crippen MR) is 81.8 cm³/mol. The van der Waals surface area contributed by atoms with Crippen LogP contribution in [-0.2, 0) is 0 Å². The molecular weight excluding hydrogens is 274 g/mol. The van der Waals surface area contributed by atoms with Gasteiger partial charge in [-0.1, -0.05) is 23.7 Å². The van der Waals surface area contributed by atoms with Crippen molar-refractivity contribution in [2.45, 2.75) is 6.92 Å². The Morgan fingerprint density at radius 2 is 2.05 bits per heavy atom. The molecule has 3 rings (SSSR count). The van der Waals surface area contributed by atoms with Gasteiger partial charge in [0.15, 0.2) is 0 Å². The van der Waals surface area contributed by atoms with Crippen molar-refractivity contribution in [2.75, 3.05) is 12.8 Å². The monoisotopic (exact) mass is 287 g/mol. The van der Waals surface area contributed by atoms with Gasteiger partial charge in [0.1, 0.15) is 11.3 Å². The summed E-state index contributed by atoms with van der Waals surface area (Å²) in [7, 11) is 1.61. The Morgan fingerprint density at radius 1 is 1.25 bits per heavy atom. The first-order valence-electron chi connectivity index (χ1n) is 6.19. The number of aromatic nitrogens is 2. The van der Waals surface area contributed by atoms with Crippen LogP contribution in [0.25, 0.3) is 16.7 Å². The predicted octanol–water partition coefficient (Wildman–Crippen LogP) is 3.58. The van der Waals surface area contributed by atoms with Crippen molar-refractivity contribution in [2.24, 2.45) is 0 Å². The van der Waals surface area contributed by atoms with Crippen LogP contribution in [-0.4, -0.2) is 16.7 Å². The number of hydrogen-bond donors (Lipinski definition) is 1. The van der Waals surface area contributed by atoms with E-state index in [0.717, 1.165) is 22.3 Å². The Morgan fingerprint density at radius 3 is 2.80 bits per heavy atom. The maximum Gasteiger partial charge on any atom is 0.206 e. The normalized spacial score (nSPS) is 10.9. The maximum absolute atomic E-state index is 6.30. The number of halogens is 1. The molecular formula is C15H14ClN3O. The molecule has 102 valence electrons. The van der Waals surface area contributed by atoms with Crippen LogP contribution < -0.4 is 10.5 Å². The molecule has 0 radical (unpaired) electrons. The van der Waals surface area contributed by atoms with Crippen molar-refractivity contribution in [3.63, 3.8) is 0 Å². The Bertz CT molecular complexity index is 795. The van der Waals surface area contributed by atoms with Gasteiger partial charge in [0, 0.05) is 0 Å². The third-order valence-electron chi connectivity index (χ3n) is 3.24. The molecule has 1 aromatic heterocycles. The number of imidazole rings is 1. The van der Waals surface area contributed by atoms with Gasteiger partial charge in [0.2, 0.25) is 5.95 Å². The van der Waals surface area contributed by atoms with Crippen LogP contribution in [0.4, 0.5) is 5.95 Å². The molecule has 0 unspecified atom stereocenters. The van der Waals surface area contributed by atoms with E-state index in [1.165, 1.54) is 0 Å². The van der Waals surface area contributed by atoms with Gasteiger partial charge in [0.25, 0.3) is 0 Å². The Kier molecular flexibility index (Phi) is 3.03. The third-order valence-corrected chi connectivity index (χ3v) is 3.56. The molecule has 20 heavy (non-hydrogen) atoms. The molecule has 0 aliphatic rings. The lowest BCUT2D eigenvalue weighted by Gasteiger charge is -2.10. The van der Waals surface area contributed by atoms with E-state index in [9.17, 15) is 0 Å². The Labute approximate surface area is 121 Å². The van der Waals surface area contributed by atoms with E-state index in [2.05, 4.69) is 4.98 Å². The molecule has 0 saturated carbocycles. The number of aryl methyl sites for hydroxylation is 1. The minimum absolute atomic E-state index is 0.386. The van der Waals surface area contributed by atoms with Crippen LogP contribution in [0, 0.1) is 6.92 Å². The molecule has 0 spiro atoms.